The molecular formula is C10H17FN2O. The monoisotopic (exact) mass is 200 g/mol. The molecule has 2 rings (SSSR count). The molecule has 14 heavy (non-hydrogen) atoms. The third-order valence-corrected chi connectivity index (χ3v) is 3.17. The van der Waals surface area contributed by atoms with Gasteiger partial charge in [0.2, 0.25) is 5.91 Å². The first-order chi connectivity index (χ1) is 6.81. The van der Waals surface area contributed by atoms with Crippen LogP contribution in [0.2, 0.25) is 0 Å². The molecule has 0 bridgehead atoms. The number of alkyl halides is 1. The van der Waals surface area contributed by atoms with Crippen LogP contribution in [0.25, 0.3) is 0 Å². The topological polar surface area (TPSA) is 32.3 Å². The molecule has 2 fully saturated rings. The highest BCUT2D eigenvalue weighted by Crippen LogP contribution is 2.19. The van der Waals surface area contributed by atoms with Gasteiger partial charge in [0, 0.05) is 19.0 Å². The molecule has 2 aliphatic heterocycles. The van der Waals surface area contributed by atoms with Crippen LogP contribution >= 0.6 is 0 Å². The standard InChI is InChI=1S/C10H17FN2O/c11-6-8-3-5-13(7-8)10(14)9-2-1-4-12-9/h8-9,12H,1-7H2/t8-,9-/m0/s1. The SMILES string of the molecule is O=C([C@@H]1CCCN1)N1CC[C@@H](CF)C1. The Balaban J connectivity index is 1.86. The predicted octanol–water partition coefficient (Wildman–Crippen LogP) is 0.556. The van der Waals surface area contributed by atoms with E-state index >= 15 is 0 Å². The van der Waals surface area contributed by atoms with Gasteiger partial charge < -0.3 is 10.2 Å². The minimum absolute atomic E-state index is 0.00774. The number of halogens is 1. The molecule has 1 amide bonds. The molecule has 0 saturated carbocycles. The van der Waals surface area contributed by atoms with Crippen LogP contribution in [0.15, 0.2) is 0 Å². The highest BCUT2D eigenvalue weighted by Gasteiger charge is 2.31. The molecular weight excluding hydrogens is 183 g/mol. The molecule has 2 saturated heterocycles. The average Bonchev–Trinajstić information content (AvgIpc) is 2.88. The minimum Gasteiger partial charge on any atom is -0.341 e. The molecule has 2 atom stereocenters. The Morgan fingerprint density at radius 1 is 1.50 bits per heavy atom. The number of nitrogens with one attached hydrogen (secondary N) is 1. The zero-order chi connectivity index (χ0) is 9.97. The molecule has 2 aliphatic rings. The van der Waals surface area contributed by atoms with E-state index in [0.717, 1.165) is 32.4 Å². The van der Waals surface area contributed by atoms with Crippen LogP contribution in [0.4, 0.5) is 4.39 Å². The third kappa shape index (κ3) is 1.90. The van der Waals surface area contributed by atoms with Gasteiger partial charge in [-0.25, -0.2) is 0 Å². The first kappa shape index (κ1) is 9.90. The molecule has 0 aromatic carbocycles. The molecule has 0 unspecified atom stereocenters. The Morgan fingerprint density at radius 3 is 2.93 bits per heavy atom. The Morgan fingerprint density at radius 2 is 2.36 bits per heavy atom. The number of rotatable bonds is 2. The van der Waals surface area contributed by atoms with Gasteiger partial charge in [0.15, 0.2) is 0 Å². The zero-order valence-electron chi connectivity index (χ0n) is 8.34. The Hall–Kier alpha value is -0.640. The maximum atomic E-state index is 12.4. The number of nitrogens with zero attached hydrogens (tertiary/aromatic N) is 1. The van der Waals surface area contributed by atoms with E-state index in [1.165, 1.54) is 0 Å². The summed E-state index contributed by atoms with van der Waals surface area (Å²) in [6, 6.07) is 0.00774. The molecule has 0 aliphatic carbocycles. The van der Waals surface area contributed by atoms with Gasteiger partial charge in [-0.05, 0) is 25.8 Å². The number of amides is 1. The van der Waals surface area contributed by atoms with Crippen molar-refractivity contribution in [3.05, 3.63) is 0 Å². The lowest BCUT2D eigenvalue weighted by Crippen LogP contribution is -2.42. The van der Waals surface area contributed by atoms with Gasteiger partial charge in [-0.3, -0.25) is 9.18 Å². The Labute approximate surface area is 83.6 Å². The van der Waals surface area contributed by atoms with Crippen LogP contribution in [-0.2, 0) is 4.79 Å². The van der Waals surface area contributed by atoms with Crippen molar-refractivity contribution in [2.24, 2.45) is 5.92 Å². The smallest absolute Gasteiger partial charge is 0.239 e. The van der Waals surface area contributed by atoms with E-state index in [1.807, 2.05) is 4.90 Å². The summed E-state index contributed by atoms with van der Waals surface area (Å²) in [5.74, 6) is 0.263. The van der Waals surface area contributed by atoms with Crippen molar-refractivity contribution in [3.8, 4) is 0 Å². The van der Waals surface area contributed by atoms with Crippen molar-refractivity contribution in [1.82, 2.24) is 10.2 Å². The van der Waals surface area contributed by atoms with E-state index < -0.39 is 0 Å². The van der Waals surface area contributed by atoms with Crippen molar-refractivity contribution in [2.75, 3.05) is 26.3 Å². The van der Waals surface area contributed by atoms with Crippen LogP contribution in [-0.4, -0.2) is 43.2 Å². The molecule has 3 nitrogen and oxygen atoms in total. The summed E-state index contributed by atoms with van der Waals surface area (Å²) in [6.07, 6.45) is 2.85. The highest BCUT2D eigenvalue weighted by molar-refractivity contribution is 5.82. The van der Waals surface area contributed by atoms with Gasteiger partial charge in [-0.1, -0.05) is 0 Å². The largest absolute Gasteiger partial charge is 0.341 e. The van der Waals surface area contributed by atoms with Crippen molar-refractivity contribution < 1.29 is 9.18 Å². The fraction of sp³-hybridized carbons (Fsp3) is 0.900. The summed E-state index contributed by atoms with van der Waals surface area (Å²) in [6.45, 7) is 2.01. The quantitative estimate of drug-likeness (QED) is 0.706. The molecule has 4 heteroatoms. The van der Waals surface area contributed by atoms with Crippen LogP contribution in [0.3, 0.4) is 0 Å². The van der Waals surface area contributed by atoms with Gasteiger partial charge in [0.1, 0.15) is 0 Å². The maximum Gasteiger partial charge on any atom is 0.239 e. The molecule has 0 radical (unpaired) electrons. The first-order valence-corrected chi connectivity index (χ1v) is 5.39. The molecule has 0 spiro atoms. The second-order valence-corrected chi connectivity index (χ2v) is 4.24. The summed E-state index contributed by atoms with van der Waals surface area (Å²) < 4.78 is 12.4. The number of likely N-dealkylation sites (tertiary alicyclic amines) is 1. The zero-order valence-corrected chi connectivity index (χ0v) is 8.34. The van der Waals surface area contributed by atoms with E-state index in [2.05, 4.69) is 5.32 Å². The maximum absolute atomic E-state index is 12.4. The summed E-state index contributed by atoms with van der Waals surface area (Å²) in [5.41, 5.74) is 0. The number of carbonyl (C=O) groups excluding carboxylic acids is 1. The van der Waals surface area contributed by atoms with E-state index in [-0.39, 0.29) is 24.5 Å². The second kappa shape index (κ2) is 4.26. The lowest BCUT2D eigenvalue weighted by molar-refractivity contribution is -0.132. The fourth-order valence-electron chi connectivity index (χ4n) is 2.27. The van der Waals surface area contributed by atoms with Gasteiger partial charge in [-0.15, -0.1) is 0 Å². The van der Waals surface area contributed by atoms with E-state index in [0.29, 0.717) is 6.54 Å². The molecule has 1 N–H and O–H groups in total. The normalized spacial score (nSPS) is 32.5. The highest BCUT2D eigenvalue weighted by atomic mass is 19.1. The summed E-state index contributed by atoms with van der Waals surface area (Å²) in [7, 11) is 0. The average molecular weight is 200 g/mol. The Bertz CT molecular complexity index is 216. The van der Waals surface area contributed by atoms with Gasteiger partial charge in [0.05, 0.1) is 12.7 Å². The molecule has 0 aromatic rings. The van der Waals surface area contributed by atoms with Crippen LogP contribution in [0.5, 0.6) is 0 Å². The summed E-state index contributed by atoms with van der Waals surface area (Å²) in [4.78, 5) is 13.7. The Kier molecular flexibility index (Phi) is 3.01. The predicted molar refractivity (Wildman–Crippen MR) is 51.7 cm³/mol. The number of carbonyl (C=O) groups is 1. The lowest BCUT2D eigenvalue weighted by atomic mass is 10.1. The van der Waals surface area contributed by atoms with Crippen LogP contribution in [0, 0.1) is 5.92 Å². The third-order valence-electron chi connectivity index (χ3n) is 3.17. The van der Waals surface area contributed by atoms with Crippen LogP contribution in [0.1, 0.15) is 19.3 Å². The fourth-order valence-corrected chi connectivity index (χ4v) is 2.27. The van der Waals surface area contributed by atoms with Crippen molar-refractivity contribution in [3.63, 3.8) is 0 Å². The summed E-state index contributed by atoms with van der Waals surface area (Å²) >= 11 is 0. The molecule has 0 aromatic heterocycles. The first-order valence-electron chi connectivity index (χ1n) is 5.39. The van der Waals surface area contributed by atoms with E-state index in [9.17, 15) is 9.18 Å². The summed E-state index contributed by atoms with van der Waals surface area (Å²) in [5, 5.41) is 3.18. The van der Waals surface area contributed by atoms with Crippen LogP contribution < -0.4 is 5.32 Å². The van der Waals surface area contributed by atoms with Crippen molar-refractivity contribution >= 4 is 5.91 Å². The van der Waals surface area contributed by atoms with Crippen molar-refractivity contribution in [2.45, 2.75) is 25.3 Å². The van der Waals surface area contributed by atoms with Gasteiger partial charge in [-0.2, -0.15) is 0 Å². The van der Waals surface area contributed by atoms with Gasteiger partial charge >= 0.3 is 0 Å². The van der Waals surface area contributed by atoms with E-state index in [4.69, 9.17) is 0 Å². The molecule has 2 heterocycles. The number of hydrogen-bond acceptors (Lipinski definition) is 2. The van der Waals surface area contributed by atoms with Gasteiger partial charge in [0.25, 0.3) is 0 Å². The second-order valence-electron chi connectivity index (χ2n) is 4.24. The van der Waals surface area contributed by atoms with E-state index in [1.54, 1.807) is 0 Å². The lowest BCUT2D eigenvalue weighted by Gasteiger charge is -2.20. The minimum atomic E-state index is -0.290. The van der Waals surface area contributed by atoms with Crippen molar-refractivity contribution in [1.29, 1.82) is 0 Å². The number of hydrogen-bond donors (Lipinski definition) is 1. The molecule has 80 valence electrons.